The molecule has 12 N–H and O–H groups in total. The smallest absolute Gasteiger partial charge is 0.341 e. The van der Waals surface area contributed by atoms with E-state index in [9.17, 15) is 69.9 Å². The van der Waals surface area contributed by atoms with Crippen LogP contribution in [0.5, 0.6) is 0 Å². The van der Waals surface area contributed by atoms with Crippen LogP contribution in [0, 0.1) is 17.8 Å². The first-order chi connectivity index (χ1) is 52.6. The number of likely N-dealkylation sites (tertiary alicyclic amines) is 1. The minimum Gasteiger partial charge on any atom is -0.422 e. The summed E-state index contributed by atoms with van der Waals surface area (Å²) in [5.74, 6) is -4.10. The molecule has 15 unspecified atom stereocenters. The average Bonchev–Trinajstić information content (AvgIpc) is 1.59. The largest absolute Gasteiger partial charge is 0.422 e. The maximum atomic E-state index is 15.1. The highest BCUT2D eigenvalue weighted by Crippen LogP contribution is 2.42. The first-order valence-corrected chi connectivity index (χ1v) is 37.5. The number of carbonyl (C=O) groups excluding carboxylic acids is 4. The van der Waals surface area contributed by atoms with Crippen LogP contribution in [-0.2, 0) is 75.0 Å². The summed E-state index contributed by atoms with van der Waals surface area (Å²) in [6.07, 6.45) is -23.8. The lowest BCUT2D eigenvalue weighted by Gasteiger charge is -2.49. The van der Waals surface area contributed by atoms with Gasteiger partial charge in [-0.3, -0.25) is 19.2 Å². The molecule has 24 atom stereocenters. The molecule has 0 spiro atoms. The number of hydrogen-bond donors (Lipinski definition) is 12. The first-order valence-electron chi connectivity index (χ1n) is 37.5. The van der Waals surface area contributed by atoms with Gasteiger partial charge in [-0.15, -0.1) is 5.10 Å². The highest BCUT2D eigenvalue weighted by atomic mass is 16.7. The second-order valence-corrected chi connectivity index (χ2v) is 29.5. The molecule has 0 bridgehead atoms. The molecule has 109 heavy (non-hydrogen) atoms. The van der Waals surface area contributed by atoms with E-state index in [1.54, 1.807) is 77.8 Å². The van der Waals surface area contributed by atoms with E-state index >= 15 is 4.79 Å². The van der Waals surface area contributed by atoms with E-state index < -0.39 is 202 Å². The predicted octanol–water partition coefficient (Wildman–Crippen LogP) is 0.245. The number of hydrogen-bond acceptors (Lipinski definition) is 28. The number of carbonyl (C=O) groups is 4. The summed E-state index contributed by atoms with van der Waals surface area (Å²) in [5, 5.41) is 121. The number of fused-ring (bicyclic) bond motifs is 2. The van der Waals surface area contributed by atoms with Gasteiger partial charge >= 0.3 is 11.3 Å². The zero-order valence-electron chi connectivity index (χ0n) is 60.4. The lowest BCUT2D eigenvalue weighted by Crippen LogP contribution is -2.67. The van der Waals surface area contributed by atoms with E-state index in [1.165, 1.54) is 24.6 Å². The van der Waals surface area contributed by atoms with Gasteiger partial charge in [0.15, 0.2) is 18.9 Å². The third kappa shape index (κ3) is 18.3. The molecule has 4 aliphatic heterocycles. The SMILES string of the molecule is CC(=O)NC1C(O[C@@H](CC2CCCCC2)C(=O)N2CCC2)[C@@H](O)C(CO)O[C@H]1O[C@@H]1CC(C(=O)NCCNC(=O)C2CC(OCc3cc4ccccc4oc3=O)C(O)[C@H](O[C@@H]3OC(CO)[C@H](O)C(OCc4cc5ccccc5oc4=O)C3O)C2)CC(n2cc(-c3ccccc3)nn2)C1O[C@@H]1OC(C)[C@@H](O)C(O)C1O. The van der Waals surface area contributed by atoms with Gasteiger partial charge in [0.2, 0.25) is 17.7 Å². The Morgan fingerprint density at radius 1 is 0.587 bits per heavy atom. The number of aromatic nitrogens is 3. The van der Waals surface area contributed by atoms with Crippen molar-refractivity contribution < 1.29 is 117 Å². The first kappa shape index (κ1) is 79.5. The summed E-state index contributed by atoms with van der Waals surface area (Å²) in [5.41, 5.74) is 0.376. The molecule has 7 aliphatic rings. The Hall–Kier alpha value is -7.62. The monoisotopic (exact) mass is 1520 g/mol. The number of aliphatic hydroxyl groups excluding tert-OH is 9. The number of nitrogens with zero attached hydrogens (tertiary/aromatic N) is 4. The predicted molar refractivity (Wildman–Crippen MR) is 379 cm³/mol. The number of ether oxygens (including phenoxy) is 9. The molecule has 3 aromatic carbocycles. The van der Waals surface area contributed by atoms with Gasteiger partial charge < -0.3 is 118 Å². The molecule has 3 aromatic heterocycles. The van der Waals surface area contributed by atoms with Gasteiger partial charge in [0.25, 0.3) is 5.91 Å². The Labute approximate surface area is 625 Å². The Kier molecular flexibility index (Phi) is 26.1. The molecule has 13 rings (SSSR count). The van der Waals surface area contributed by atoms with Crippen LogP contribution in [0.4, 0.5) is 0 Å². The van der Waals surface area contributed by atoms with Crippen LogP contribution >= 0.6 is 0 Å². The molecule has 592 valence electrons. The van der Waals surface area contributed by atoms with E-state index in [0.717, 1.165) is 38.5 Å². The van der Waals surface area contributed by atoms with Crippen molar-refractivity contribution in [3.63, 3.8) is 0 Å². The molecule has 4 saturated heterocycles. The van der Waals surface area contributed by atoms with Crippen molar-refractivity contribution in [3.8, 4) is 11.3 Å². The fraction of sp³-hybridized carbons (Fsp3) is 0.605. The normalized spacial score (nSPS) is 33.4. The minimum atomic E-state index is -1.86. The van der Waals surface area contributed by atoms with Gasteiger partial charge in [0, 0.05) is 61.3 Å². The maximum absolute atomic E-state index is 15.1. The molecule has 7 fully saturated rings. The lowest BCUT2D eigenvalue weighted by atomic mass is 9.80. The highest BCUT2D eigenvalue weighted by molar-refractivity contribution is 5.82. The number of para-hydroxylation sites is 2. The zero-order valence-corrected chi connectivity index (χ0v) is 60.4. The van der Waals surface area contributed by atoms with Crippen LogP contribution in [0.1, 0.15) is 102 Å². The Bertz CT molecular complexity index is 4180. The van der Waals surface area contributed by atoms with Crippen LogP contribution in [0.3, 0.4) is 0 Å². The zero-order chi connectivity index (χ0) is 76.7. The second kappa shape index (κ2) is 35.8. The molecule has 33 heteroatoms. The van der Waals surface area contributed by atoms with Crippen molar-refractivity contribution in [2.75, 3.05) is 39.4 Å². The third-order valence-corrected chi connectivity index (χ3v) is 22.1. The third-order valence-electron chi connectivity index (χ3n) is 22.1. The van der Waals surface area contributed by atoms with Crippen molar-refractivity contribution in [1.29, 1.82) is 0 Å². The molecule has 33 nitrogen and oxygen atoms in total. The fourth-order valence-corrected chi connectivity index (χ4v) is 15.9. The maximum Gasteiger partial charge on any atom is 0.341 e. The van der Waals surface area contributed by atoms with Gasteiger partial charge in [-0.2, -0.15) is 0 Å². The molecular formula is C76H97N7O26. The van der Waals surface area contributed by atoms with E-state index in [4.69, 9.17) is 51.5 Å². The van der Waals surface area contributed by atoms with E-state index in [0.29, 0.717) is 52.7 Å². The van der Waals surface area contributed by atoms with Crippen LogP contribution in [0.2, 0.25) is 0 Å². The molecule has 3 aliphatic carbocycles. The van der Waals surface area contributed by atoms with Crippen molar-refractivity contribution in [2.45, 2.75) is 232 Å². The second-order valence-electron chi connectivity index (χ2n) is 29.5. The van der Waals surface area contributed by atoms with Gasteiger partial charge in [0.1, 0.15) is 102 Å². The fourth-order valence-electron chi connectivity index (χ4n) is 15.9. The molecular weight excluding hydrogens is 1430 g/mol. The summed E-state index contributed by atoms with van der Waals surface area (Å²) in [6.45, 7) is 0.844. The van der Waals surface area contributed by atoms with Crippen LogP contribution < -0.4 is 27.2 Å². The summed E-state index contributed by atoms with van der Waals surface area (Å²) in [6, 6.07) is 23.2. The van der Waals surface area contributed by atoms with Crippen LogP contribution in [-0.4, -0.2) is 258 Å². The number of nitrogens with one attached hydrogen (secondary N) is 3. The number of aliphatic hydroxyl groups is 9. The van der Waals surface area contributed by atoms with E-state index in [1.807, 2.05) is 18.2 Å². The Balaban J connectivity index is 0.753. The molecule has 3 saturated carbocycles. The minimum absolute atomic E-state index is 0.0465. The molecule has 7 heterocycles. The molecule has 0 radical (unpaired) electrons. The van der Waals surface area contributed by atoms with Gasteiger partial charge in [-0.1, -0.05) is 104 Å². The topological polar surface area (TPSA) is 464 Å². The lowest BCUT2D eigenvalue weighted by molar-refractivity contribution is -0.337. The standard InChI is InChI=1S/C76H97N7O26/c1-38-59(87)63(91)64(92)75(101-38)109-66-49(83-33-48(80-81-83)41-16-7-4-8-17-41)29-44(32-54(66)106-74-58(79-39(2)86)67(61(89)56(34-84)107-74)102-55(71(96)82-24-13-25-82)26-40-14-5-3-6-15-40)69(94)77-22-23-78-70(95)45-30-52(99-36-46-27-42-18-9-11-20-50(42)103-72(46)97)60(88)53(31-45)105-76-65(93)68(62(90)57(35-85)108-76)100-37-47-28-43-19-10-12-21-51(43)104-73(47)98/h4,7-12,16-21,27-28,33,38,40,44-45,49,52-68,74-76,84-85,87-93H,3,5-6,13-15,22-26,29-32,34-37H2,1-2H3,(H,77,94)(H,78,95)(H,79,86)/t38?,44?,45?,49?,52?,53-,54-,55+,56?,57?,58?,59-,60?,61+,62+,63?,64?,65?,66?,67?,68?,74-,75+,76-/m1/s1. The van der Waals surface area contributed by atoms with E-state index in [-0.39, 0.29) is 61.7 Å². The summed E-state index contributed by atoms with van der Waals surface area (Å²) < 4.78 is 69.9. The molecule has 4 amide bonds. The average molecular weight is 1520 g/mol. The van der Waals surface area contributed by atoms with Crippen LogP contribution in [0.15, 0.2) is 116 Å². The number of benzene rings is 3. The van der Waals surface area contributed by atoms with Crippen molar-refractivity contribution >= 4 is 45.6 Å². The van der Waals surface area contributed by atoms with Crippen molar-refractivity contribution in [3.05, 3.63) is 129 Å². The number of amides is 4. The van der Waals surface area contributed by atoms with E-state index in [2.05, 4.69) is 26.3 Å². The Morgan fingerprint density at radius 3 is 1.78 bits per heavy atom. The van der Waals surface area contributed by atoms with Gasteiger partial charge in [-0.25, -0.2) is 14.3 Å². The van der Waals surface area contributed by atoms with Gasteiger partial charge in [0.05, 0.1) is 74.2 Å². The summed E-state index contributed by atoms with van der Waals surface area (Å²) in [7, 11) is 0. The quantitative estimate of drug-likeness (QED) is 0.0243. The summed E-state index contributed by atoms with van der Waals surface area (Å²) in [4.78, 5) is 85.5. The van der Waals surface area contributed by atoms with Gasteiger partial charge in [-0.05, 0) is 75.6 Å². The highest BCUT2D eigenvalue weighted by Gasteiger charge is 2.55. The van der Waals surface area contributed by atoms with Crippen molar-refractivity contribution in [2.24, 2.45) is 17.8 Å². The Morgan fingerprint density at radius 2 is 1.16 bits per heavy atom. The number of rotatable bonds is 27. The summed E-state index contributed by atoms with van der Waals surface area (Å²) >= 11 is 0. The molecule has 6 aromatic rings. The van der Waals surface area contributed by atoms with Crippen LogP contribution in [0.25, 0.3) is 33.2 Å². The van der Waals surface area contributed by atoms with Crippen molar-refractivity contribution in [1.82, 2.24) is 35.8 Å².